The summed E-state index contributed by atoms with van der Waals surface area (Å²) in [6, 6.07) is 9.82. The third-order valence-electron chi connectivity index (χ3n) is 4.88. The molecule has 33 heavy (non-hydrogen) atoms. The van der Waals surface area contributed by atoms with E-state index in [0.29, 0.717) is 0 Å². The number of rotatable bonds is 10. The van der Waals surface area contributed by atoms with Crippen molar-refractivity contribution in [1.82, 2.24) is 0 Å². The van der Waals surface area contributed by atoms with Crippen LogP contribution in [0.3, 0.4) is 0 Å². The molecule has 0 aliphatic carbocycles. The lowest BCUT2D eigenvalue weighted by Crippen LogP contribution is -2.62. The van der Waals surface area contributed by atoms with Gasteiger partial charge in [0, 0.05) is 10.9 Å². The molecular formula is C30H47NOS. The largest absolute Gasteiger partial charge is 0.304 e. The minimum absolute atomic E-state index is 0.00111. The van der Waals surface area contributed by atoms with Crippen molar-refractivity contribution in [3.63, 3.8) is 0 Å². The van der Waals surface area contributed by atoms with Gasteiger partial charge in [0.1, 0.15) is 0 Å². The number of carbonyl (C=O) groups is 1. The number of hydrogen-bond acceptors (Lipinski definition) is 2. The molecule has 184 valence electrons. The molecule has 1 amide bonds. The van der Waals surface area contributed by atoms with Crippen LogP contribution in [0.15, 0.2) is 91.6 Å². The van der Waals surface area contributed by atoms with Crippen LogP contribution in [-0.4, -0.2) is 17.2 Å². The van der Waals surface area contributed by atoms with Crippen LogP contribution in [0.2, 0.25) is 0 Å². The van der Waals surface area contributed by atoms with Gasteiger partial charge in [0.15, 0.2) is 0 Å². The number of nitrogens with zero attached hydrogens (tertiary/aromatic N) is 1. The highest BCUT2D eigenvalue weighted by Crippen LogP contribution is 2.40. The SMILES string of the molecule is C=C/C=C(\C=C)C(S)CCC1C(=O)N(c2ccccc2)C1C(=C)/C=C\CC.CC.CC.CC. The lowest BCUT2D eigenvalue weighted by molar-refractivity contribution is -0.129. The molecule has 3 atom stereocenters. The van der Waals surface area contributed by atoms with Gasteiger partial charge < -0.3 is 4.90 Å². The second-order valence-corrected chi connectivity index (χ2v) is 7.30. The maximum atomic E-state index is 12.9. The van der Waals surface area contributed by atoms with Crippen molar-refractivity contribution in [1.29, 1.82) is 0 Å². The Labute approximate surface area is 210 Å². The van der Waals surface area contributed by atoms with Crippen LogP contribution in [0, 0.1) is 5.92 Å². The number of carbonyl (C=O) groups excluding carboxylic acids is 1. The number of para-hydroxylation sites is 1. The highest BCUT2D eigenvalue weighted by atomic mass is 32.1. The fourth-order valence-corrected chi connectivity index (χ4v) is 3.79. The van der Waals surface area contributed by atoms with Gasteiger partial charge in [-0.1, -0.05) is 117 Å². The first-order valence-corrected chi connectivity index (χ1v) is 12.9. The minimum atomic E-state index is -0.0661. The first-order chi connectivity index (χ1) is 16.0. The van der Waals surface area contributed by atoms with Crippen LogP contribution < -0.4 is 4.90 Å². The quantitative estimate of drug-likeness (QED) is 0.206. The average molecular weight is 470 g/mol. The second kappa shape index (κ2) is 20.4. The summed E-state index contributed by atoms with van der Waals surface area (Å²) < 4.78 is 0. The van der Waals surface area contributed by atoms with Gasteiger partial charge in [-0.2, -0.15) is 12.6 Å². The van der Waals surface area contributed by atoms with Gasteiger partial charge in [0.05, 0.1) is 12.0 Å². The molecule has 3 heteroatoms. The van der Waals surface area contributed by atoms with Gasteiger partial charge in [-0.15, -0.1) is 0 Å². The third-order valence-corrected chi connectivity index (χ3v) is 5.43. The molecule has 1 aromatic carbocycles. The maximum absolute atomic E-state index is 12.9. The van der Waals surface area contributed by atoms with Crippen molar-refractivity contribution in [2.45, 2.75) is 79.0 Å². The van der Waals surface area contributed by atoms with Gasteiger partial charge >= 0.3 is 0 Å². The summed E-state index contributed by atoms with van der Waals surface area (Å²) in [5.41, 5.74) is 2.93. The van der Waals surface area contributed by atoms with E-state index in [1.165, 1.54) is 0 Å². The molecular weight excluding hydrogens is 422 g/mol. The molecule has 1 aromatic rings. The van der Waals surface area contributed by atoms with Gasteiger partial charge in [0.25, 0.3) is 0 Å². The summed E-state index contributed by atoms with van der Waals surface area (Å²) in [6.07, 6.45) is 12.1. The Hall–Kier alpha value is -2.26. The first-order valence-electron chi connectivity index (χ1n) is 12.4. The number of allylic oxidation sites excluding steroid dienone is 4. The molecule has 3 unspecified atom stereocenters. The van der Waals surface area contributed by atoms with Crippen molar-refractivity contribution in [2.75, 3.05) is 4.90 Å². The molecule has 1 heterocycles. The van der Waals surface area contributed by atoms with Crippen LogP contribution in [0.5, 0.6) is 0 Å². The zero-order valence-corrected chi connectivity index (χ0v) is 22.9. The topological polar surface area (TPSA) is 20.3 Å². The van der Waals surface area contributed by atoms with Crippen molar-refractivity contribution < 1.29 is 4.79 Å². The highest BCUT2D eigenvalue weighted by Gasteiger charge is 2.48. The Morgan fingerprint density at radius 1 is 1.09 bits per heavy atom. The van der Waals surface area contributed by atoms with Crippen LogP contribution >= 0.6 is 12.6 Å². The molecule has 2 nitrogen and oxygen atoms in total. The third kappa shape index (κ3) is 10.0. The Morgan fingerprint density at radius 2 is 1.67 bits per heavy atom. The lowest BCUT2D eigenvalue weighted by Gasteiger charge is -2.48. The Kier molecular flexibility index (Phi) is 20.3. The van der Waals surface area contributed by atoms with Crippen LogP contribution in [0.25, 0.3) is 0 Å². The van der Waals surface area contributed by atoms with E-state index in [-0.39, 0.29) is 23.1 Å². The fraction of sp³-hybridized carbons (Fsp3) is 0.433. The normalized spacial score (nSPS) is 17.8. The molecule has 2 rings (SSSR count). The van der Waals surface area contributed by atoms with E-state index in [1.54, 1.807) is 12.2 Å². The predicted octanol–water partition coefficient (Wildman–Crippen LogP) is 9.00. The fourth-order valence-electron chi connectivity index (χ4n) is 3.45. The van der Waals surface area contributed by atoms with Crippen molar-refractivity contribution in [3.05, 3.63) is 91.6 Å². The zero-order valence-electron chi connectivity index (χ0n) is 22.1. The lowest BCUT2D eigenvalue weighted by atomic mass is 9.78. The van der Waals surface area contributed by atoms with Crippen molar-refractivity contribution in [3.8, 4) is 0 Å². The molecule has 0 saturated carbocycles. The Balaban J connectivity index is 0. The van der Waals surface area contributed by atoms with E-state index >= 15 is 0 Å². The summed E-state index contributed by atoms with van der Waals surface area (Å²) >= 11 is 4.69. The van der Waals surface area contributed by atoms with Gasteiger partial charge in [0.2, 0.25) is 5.91 Å². The minimum Gasteiger partial charge on any atom is -0.304 e. The molecule has 0 spiro atoms. The van der Waals surface area contributed by atoms with Crippen molar-refractivity contribution in [2.24, 2.45) is 5.92 Å². The maximum Gasteiger partial charge on any atom is 0.233 e. The molecule has 1 saturated heterocycles. The van der Waals surface area contributed by atoms with E-state index in [2.05, 4.69) is 45.4 Å². The van der Waals surface area contributed by atoms with Crippen LogP contribution in [-0.2, 0) is 4.79 Å². The second-order valence-electron chi connectivity index (χ2n) is 6.68. The molecule has 1 fully saturated rings. The van der Waals surface area contributed by atoms with Crippen molar-refractivity contribution >= 4 is 24.2 Å². The van der Waals surface area contributed by atoms with E-state index in [4.69, 9.17) is 0 Å². The summed E-state index contributed by atoms with van der Waals surface area (Å²) in [5.74, 6) is 0.0919. The van der Waals surface area contributed by atoms with E-state index in [9.17, 15) is 4.79 Å². The first kappa shape index (κ1) is 32.9. The molecule has 0 radical (unpaired) electrons. The number of amides is 1. The van der Waals surface area contributed by atoms with E-state index in [0.717, 1.165) is 36.1 Å². The number of β-lactam (4-membered cyclic amide) rings is 1. The number of anilines is 1. The molecule has 1 aliphatic heterocycles. The molecule has 0 N–H and O–H groups in total. The summed E-state index contributed by atoms with van der Waals surface area (Å²) in [4.78, 5) is 14.8. The molecule has 0 bridgehead atoms. The summed E-state index contributed by atoms with van der Waals surface area (Å²) in [5, 5.41) is 0.0409. The summed E-state index contributed by atoms with van der Waals surface area (Å²) in [6.45, 7) is 25.9. The van der Waals surface area contributed by atoms with Gasteiger partial charge in [-0.05, 0) is 42.5 Å². The monoisotopic (exact) mass is 469 g/mol. The Morgan fingerprint density at radius 3 is 2.15 bits per heavy atom. The summed E-state index contributed by atoms with van der Waals surface area (Å²) in [7, 11) is 0. The predicted molar refractivity (Wildman–Crippen MR) is 154 cm³/mol. The van der Waals surface area contributed by atoms with E-state index in [1.807, 2.05) is 88.9 Å². The number of benzene rings is 1. The van der Waals surface area contributed by atoms with Crippen LogP contribution in [0.4, 0.5) is 5.69 Å². The highest BCUT2D eigenvalue weighted by molar-refractivity contribution is 7.81. The standard InChI is InChI=1S/C24H29NOS.3C2H6/c1-5-8-13-18(4)23-21(16-17-22(27)19(7-3)12-6-2)24(26)25(23)20-14-10-9-11-15-20;3*1-2/h6-15,21-23,27H,2-5,16-17H2,1H3;3*1-2H3/b13-8-,19-12+;;;. The van der Waals surface area contributed by atoms with E-state index < -0.39 is 0 Å². The number of hydrogen-bond donors (Lipinski definition) is 1. The number of thiol groups is 1. The van der Waals surface area contributed by atoms with Gasteiger partial charge in [-0.25, -0.2) is 0 Å². The van der Waals surface area contributed by atoms with Gasteiger partial charge in [-0.3, -0.25) is 4.79 Å². The average Bonchev–Trinajstić information content (AvgIpc) is 2.88. The molecule has 0 aromatic heterocycles. The van der Waals surface area contributed by atoms with Crippen LogP contribution in [0.1, 0.15) is 67.7 Å². The Bertz CT molecular complexity index is 748. The molecule has 1 aliphatic rings. The smallest absolute Gasteiger partial charge is 0.233 e. The zero-order chi connectivity index (χ0) is 25.8.